The van der Waals surface area contributed by atoms with Crippen LogP contribution in [0.4, 0.5) is 8.78 Å². The van der Waals surface area contributed by atoms with Gasteiger partial charge in [-0.2, -0.15) is 0 Å². The zero-order valence-corrected chi connectivity index (χ0v) is 8.51. The molecule has 0 aliphatic heterocycles. The molecule has 12 heavy (non-hydrogen) atoms. The van der Waals surface area contributed by atoms with Crippen molar-refractivity contribution in [2.75, 3.05) is 7.11 Å². The van der Waals surface area contributed by atoms with Crippen molar-refractivity contribution < 1.29 is 13.5 Å². The molecular formula is C8H7F2IO. The second-order valence-corrected chi connectivity index (χ2v) is 3.35. The minimum Gasteiger partial charge on any atom is -0.497 e. The van der Waals surface area contributed by atoms with Gasteiger partial charge in [0.05, 0.1) is 7.11 Å². The molecule has 1 aromatic rings. The topological polar surface area (TPSA) is 9.23 Å². The van der Waals surface area contributed by atoms with Crippen LogP contribution in [0.2, 0.25) is 0 Å². The molecule has 0 aliphatic carbocycles. The largest absolute Gasteiger partial charge is 0.497 e. The molecule has 0 atom stereocenters. The van der Waals surface area contributed by atoms with E-state index in [1.54, 1.807) is 12.1 Å². The molecular weight excluding hydrogens is 277 g/mol. The summed E-state index contributed by atoms with van der Waals surface area (Å²) in [7, 11) is 1.46. The molecule has 66 valence electrons. The number of ether oxygens (including phenoxy) is 1. The Kier molecular flexibility index (Phi) is 3.25. The Morgan fingerprint density at radius 2 is 2.08 bits per heavy atom. The first-order valence-electron chi connectivity index (χ1n) is 3.26. The zero-order chi connectivity index (χ0) is 9.14. The lowest BCUT2D eigenvalue weighted by Gasteiger charge is -2.05. The van der Waals surface area contributed by atoms with Crippen LogP contribution in [-0.2, 0) is 0 Å². The third-order valence-corrected chi connectivity index (χ3v) is 2.42. The van der Waals surface area contributed by atoms with E-state index in [0.29, 0.717) is 9.32 Å². The number of rotatable bonds is 2. The summed E-state index contributed by atoms with van der Waals surface area (Å²) in [4.78, 5) is 0. The molecule has 0 heterocycles. The fourth-order valence-electron chi connectivity index (χ4n) is 0.816. The maximum Gasteiger partial charge on any atom is 0.265 e. The van der Waals surface area contributed by atoms with E-state index in [1.807, 2.05) is 22.6 Å². The van der Waals surface area contributed by atoms with Gasteiger partial charge in [0, 0.05) is 9.13 Å². The maximum absolute atomic E-state index is 12.3. The van der Waals surface area contributed by atoms with E-state index in [0.717, 1.165) is 0 Å². The Balaban J connectivity index is 3.08. The summed E-state index contributed by atoms with van der Waals surface area (Å²) in [5.74, 6) is 0.464. The van der Waals surface area contributed by atoms with Crippen molar-refractivity contribution in [2.24, 2.45) is 0 Å². The highest BCUT2D eigenvalue weighted by atomic mass is 127. The van der Waals surface area contributed by atoms with Crippen LogP contribution >= 0.6 is 22.6 Å². The van der Waals surface area contributed by atoms with Gasteiger partial charge < -0.3 is 4.74 Å². The molecule has 1 rings (SSSR count). The van der Waals surface area contributed by atoms with Gasteiger partial charge in [0.15, 0.2) is 0 Å². The van der Waals surface area contributed by atoms with Crippen LogP contribution in [0.3, 0.4) is 0 Å². The first-order chi connectivity index (χ1) is 5.65. The highest BCUT2D eigenvalue weighted by Gasteiger charge is 2.11. The van der Waals surface area contributed by atoms with E-state index in [-0.39, 0.29) is 5.56 Å². The van der Waals surface area contributed by atoms with Gasteiger partial charge in [-0.25, -0.2) is 8.78 Å². The van der Waals surface area contributed by atoms with Crippen molar-refractivity contribution in [1.29, 1.82) is 0 Å². The molecule has 0 fully saturated rings. The molecule has 0 saturated heterocycles. The van der Waals surface area contributed by atoms with Crippen LogP contribution in [0, 0.1) is 3.57 Å². The highest BCUT2D eigenvalue weighted by Crippen LogP contribution is 2.27. The Hall–Kier alpha value is -0.390. The number of benzene rings is 1. The number of hydrogen-bond donors (Lipinski definition) is 0. The highest BCUT2D eigenvalue weighted by molar-refractivity contribution is 14.1. The van der Waals surface area contributed by atoms with Gasteiger partial charge in [0.1, 0.15) is 5.75 Å². The smallest absolute Gasteiger partial charge is 0.265 e. The van der Waals surface area contributed by atoms with E-state index in [2.05, 4.69) is 0 Å². The van der Waals surface area contributed by atoms with E-state index < -0.39 is 6.43 Å². The Morgan fingerprint density at radius 1 is 1.42 bits per heavy atom. The first-order valence-corrected chi connectivity index (χ1v) is 4.34. The van der Waals surface area contributed by atoms with Crippen LogP contribution in [0.5, 0.6) is 5.75 Å². The van der Waals surface area contributed by atoms with Crippen molar-refractivity contribution in [3.05, 3.63) is 27.3 Å². The maximum atomic E-state index is 12.3. The van der Waals surface area contributed by atoms with Crippen LogP contribution in [-0.4, -0.2) is 7.11 Å². The summed E-state index contributed by atoms with van der Waals surface area (Å²) < 4.78 is 29.9. The van der Waals surface area contributed by atoms with Gasteiger partial charge in [0.25, 0.3) is 6.43 Å². The van der Waals surface area contributed by atoms with Gasteiger partial charge in [-0.05, 0) is 40.8 Å². The fourth-order valence-corrected chi connectivity index (χ4v) is 1.39. The Bertz CT molecular complexity index is 276. The predicted molar refractivity (Wildman–Crippen MR) is 50.7 cm³/mol. The van der Waals surface area contributed by atoms with Gasteiger partial charge in [0.2, 0.25) is 0 Å². The summed E-state index contributed by atoms with van der Waals surface area (Å²) >= 11 is 1.87. The fraction of sp³-hybridized carbons (Fsp3) is 0.250. The summed E-state index contributed by atoms with van der Waals surface area (Å²) in [6, 6.07) is 4.63. The standard InChI is InChI=1S/C8H7F2IO/c1-12-5-2-3-7(11)6(4-5)8(9)10/h2-4,8H,1H3. The van der Waals surface area contributed by atoms with Crippen molar-refractivity contribution in [2.45, 2.75) is 6.43 Å². The number of halogens is 3. The van der Waals surface area contributed by atoms with Gasteiger partial charge in [-0.3, -0.25) is 0 Å². The summed E-state index contributed by atoms with van der Waals surface area (Å²) in [5.41, 5.74) is 0.0231. The van der Waals surface area contributed by atoms with Crippen molar-refractivity contribution in [3.63, 3.8) is 0 Å². The van der Waals surface area contributed by atoms with E-state index in [4.69, 9.17) is 4.74 Å². The Labute approximate surface area is 82.9 Å². The molecule has 0 spiro atoms. The average molecular weight is 284 g/mol. The average Bonchev–Trinajstić information content (AvgIpc) is 2.05. The molecule has 1 nitrogen and oxygen atoms in total. The molecule has 0 saturated carbocycles. The second-order valence-electron chi connectivity index (χ2n) is 2.19. The lowest BCUT2D eigenvalue weighted by Crippen LogP contribution is -1.91. The minimum atomic E-state index is -2.44. The molecule has 0 unspecified atom stereocenters. The second kappa shape index (κ2) is 4.02. The molecule has 0 radical (unpaired) electrons. The number of hydrogen-bond acceptors (Lipinski definition) is 1. The SMILES string of the molecule is COc1ccc(I)c(C(F)F)c1. The van der Waals surface area contributed by atoms with E-state index in [1.165, 1.54) is 13.2 Å². The van der Waals surface area contributed by atoms with Crippen LogP contribution in [0.25, 0.3) is 0 Å². The van der Waals surface area contributed by atoms with Crippen LogP contribution in [0.15, 0.2) is 18.2 Å². The zero-order valence-electron chi connectivity index (χ0n) is 6.35. The summed E-state index contributed by atoms with van der Waals surface area (Å²) in [6.45, 7) is 0. The van der Waals surface area contributed by atoms with Crippen LogP contribution in [0.1, 0.15) is 12.0 Å². The van der Waals surface area contributed by atoms with Crippen molar-refractivity contribution in [1.82, 2.24) is 0 Å². The molecule has 0 bridgehead atoms. The number of methoxy groups -OCH3 is 1. The quantitative estimate of drug-likeness (QED) is 0.757. The van der Waals surface area contributed by atoms with E-state index >= 15 is 0 Å². The normalized spacial score (nSPS) is 10.4. The van der Waals surface area contributed by atoms with Gasteiger partial charge in [-0.1, -0.05) is 0 Å². The molecule has 0 amide bonds. The molecule has 1 aromatic carbocycles. The first kappa shape index (κ1) is 9.70. The third kappa shape index (κ3) is 2.06. The lowest BCUT2D eigenvalue weighted by molar-refractivity contribution is 0.150. The van der Waals surface area contributed by atoms with Gasteiger partial charge in [-0.15, -0.1) is 0 Å². The predicted octanol–water partition coefficient (Wildman–Crippen LogP) is 3.24. The third-order valence-electron chi connectivity index (χ3n) is 1.44. The number of alkyl halides is 2. The minimum absolute atomic E-state index is 0.0231. The van der Waals surface area contributed by atoms with Crippen molar-refractivity contribution >= 4 is 22.6 Å². The lowest BCUT2D eigenvalue weighted by atomic mass is 10.2. The Morgan fingerprint density at radius 3 is 2.58 bits per heavy atom. The molecule has 0 aliphatic rings. The van der Waals surface area contributed by atoms with E-state index in [9.17, 15) is 8.78 Å². The molecule has 4 heteroatoms. The van der Waals surface area contributed by atoms with Gasteiger partial charge >= 0.3 is 0 Å². The summed E-state index contributed by atoms with van der Waals surface area (Å²) in [5, 5.41) is 0. The van der Waals surface area contributed by atoms with Crippen molar-refractivity contribution in [3.8, 4) is 5.75 Å². The molecule has 0 aromatic heterocycles. The monoisotopic (exact) mass is 284 g/mol. The summed E-state index contributed by atoms with van der Waals surface area (Å²) in [6.07, 6.45) is -2.44. The molecule has 0 N–H and O–H groups in total. The van der Waals surface area contributed by atoms with Crippen LogP contribution < -0.4 is 4.74 Å².